The van der Waals surface area contributed by atoms with Gasteiger partial charge in [-0.15, -0.1) is 11.3 Å². The Bertz CT molecular complexity index is 387. The Morgan fingerprint density at radius 2 is 2.12 bits per heavy atom. The Balaban J connectivity index is 2.63. The van der Waals surface area contributed by atoms with Gasteiger partial charge in [-0.2, -0.15) is 0 Å². The van der Waals surface area contributed by atoms with Crippen molar-refractivity contribution in [2.75, 3.05) is 6.61 Å². The second-order valence-electron chi connectivity index (χ2n) is 4.23. The van der Waals surface area contributed by atoms with Crippen molar-refractivity contribution in [3.8, 4) is 0 Å². The average molecular weight is 255 g/mol. The lowest BCUT2D eigenvalue weighted by Gasteiger charge is -2.18. The topological polar surface area (TPSA) is 38.3 Å². The van der Waals surface area contributed by atoms with E-state index in [0.717, 1.165) is 0 Å². The Kier molecular flexibility index (Phi) is 5.15. The van der Waals surface area contributed by atoms with Gasteiger partial charge in [0.2, 0.25) is 0 Å². The highest BCUT2D eigenvalue weighted by Gasteiger charge is 2.18. The molecule has 1 N–H and O–H groups in total. The van der Waals surface area contributed by atoms with Gasteiger partial charge in [-0.1, -0.05) is 0 Å². The number of esters is 1. The molecule has 1 aromatic rings. The molecular weight excluding hydrogens is 234 g/mol. The molecule has 0 amide bonds. The predicted molar refractivity (Wildman–Crippen MR) is 71.4 cm³/mol. The summed E-state index contributed by atoms with van der Waals surface area (Å²) in [6, 6.07) is 2.07. The summed E-state index contributed by atoms with van der Waals surface area (Å²) >= 11 is 1.79. The summed E-state index contributed by atoms with van der Waals surface area (Å²) in [5.41, 5.74) is 1.27. The van der Waals surface area contributed by atoms with Crippen molar-refractivity contribution in [3.63, 3.8) is 0 Å². The van der Waals surface area contributed by atoms with Gasteiger partial charge >= 0.3 is 5.97 Å². The Labute approximate surface area is 107 Å². The first-order valence-electron chi connectivity index (χ1n) is 5.95. The van der Waals surface area contributed by atoms with Crippen molar-refractivity contribution >= 4 is 17.3 Å². The van der Waals surface area contributed by atoms with Crippen molar-refractivity contribution < 1.29 is 9.53 Å². The van der Waals surface area contributed by atoms with Crippen LogP contribution in [-0.2, 0) is 9.53 Å². The Morgan fingerprint density at radius 3 is 2.59 bits per heavy atom. The van der Waals surface area contributed by atoms with Crippen molar-refractivity contribution in [1.29, 1.82) is 0 Å². The molecule has 4 heteroatoms. The normalized spacial score (nSPS) is 14.4. The molecule has 3 nitrogen and oxygen atoms in total. The zero-order valence-corrected chi connectivity index (χ0v) is 12.0. The Morgan fingerprint density at radius 1 is 1.47 bits per heavy atom. The van der Waals surface area contributed by atoms with Crippen LogP contribution in [0, 0.1) is 13.8 Å². The molecule has 0 aliphatic heterocycles. The van der Waals surface area contributed by atoms with Gasteiger partial charge in [-0.3, -0.25) is 10.1 Å². The van der Waals surface area contributed by atoms with Crippen LogP contribution in [0.5, 0.6) is 0 Å². The first kappa shape index (κ1) is 14.2. The van der Waals surface area contributed by atoms with Crippen LogP contribution < -0.4 is 5.32 Å². The molecule has 0 fully saturated rings. The van der Waals surface area contributed by atoms with Gasteiger partial charge in [0.15, 0.2) is 0 Å². The molecule has 2 unspecified atom stereocenters. The smallest absolute Gasteiger partial charge is 0.322 e. The summed E-state index contributed by atoms with van der Waals surface area (Å²) in [4.78, 5) is 14.1. The maximum atomic E-state index is 11.5. The quantitative estimate of drug-likeness (QED) is 0.822. The van der Waals surface area contributed by atoms with E-state index in [1.54, 1.807) is 11.3 Å². The minimum Gasteiger partial charge on any atom is -0.465 e. The van der Waals surface area contributed by atoms with Crippen LogP contribution >= 0.6 is 11.3 Å². The molecule has 1 heterocycles. The van der Waals surface area contributed by atoms with Crippen LogP contribution in [0.4, 0.5) is 0 Å². The minimum absolute atomic E-state index is 0.166. The van der Waals surface area contributed by atoms with E-state index in [0.29, 0.717) is 6.61 Å². The molecule has 0 aliphatic carbocycles. The van der Waals surface area contributed by atoms with Crippen molar-refractivity contribution in [3.05, 3.63) is 21.4 Å². The van der Waals surface area contributed by atoms with Crippen LogP contribution in [0.25, 0.3) is 0 Å². The number of thiophene rings is 1. The summed E-state index contributed by atoms with van der Waals surface area (Å²) < 4.78 is 4.98. The van der Waals surface area contributed by atoms with Crippen molar-refractivity contribution in [2.24, 2.45) is 0 Å². The van der Waals surface area contributed by atoms with E-state index < -0.39 is 0 Å². The summed E-state index contributed by atoms with van der Waals surface area (Å²) in [5.74, 6) is -0.191. The largest absolute Gasteiger partial charge is 0.465 e. The van der Waals surface area contributed by atoms with E-state index in [9.17, 15) is 4.79 Å². The highest BCUT2D eigenvalue weighted by molar-refractivity contribution is 7.12. The van der Waals surface area contributed by atoms with Crippen LogP contribution in [0.15, 0.2) is 6.07 Å². The first-order valence-corrected chi connectivity index (χ1v) is 6.77. The zero-order chi connectivity index (χ0) is 13.0. The molecule has 1 rings (SSSR count). The second kappa shape index (κ2) is 6.17. The Hall–Kier alpha value is -0.870. The highest BCUT2D eigenvalue weighted by Crippen LogP contribution is 2.26. The van der Waals surface area contributed by atoms with Gasteiger partial charge in [0.25, 0.3) is 0 Å². The molecule has 0 aromatic carbocycles. The lowest BCUT2D eigenvalue weighted by Crippen LogP contribution is -2.37. The van der Waals surface area contributed by atoms with Gasteiger partial charge in [0, 0.05) is 15.8 Å². The molecule has 0 saturated heterocycles. The minimum atomic E-state index is -0.274. The number of rotatable bonds is 5. The first-order chi connectivity index (χ1) is 7.95. The standard InChI is InChI=1S/C13H21NO2S/c1-6-16-13(15)10(4)14-9(3)12-7-8(2)17-11(12)5/h7,9-10,14H,6H2,1-5H3. The van der Waals surface area contributed by atoms with Gasteiger partial charge in [0.1, 0.15) is 6.04 Å². The number of ether oxygens (including phenoxy) is 1. The summed E-state index contributed by atoms with van der Waals surface area (Å²) in [5, 5.41) is 3.27. The molecule has 0 aliphatic rings. The van der Waals surface area contributed by atoms with Crippen molar-refractivity contribution in [2.45, 2.75) is 46.7 Å². The van der Waals surface area contributed by atoms with E-state index in [1.807, 2.05) is 13.8 Å². The molecule has 1 aromatic heterocycles. The van der Waals surface area contributed by atoms with E-state index in [4.69, 9.17) is 4.74 Å². The number of carbonyl (C=O) groups is 1. The summed E-state index contributed by atoms with van der Waals surface area (Å²) in [7, 11) is 0. The van der Waals surface area contributed by atoms with Gasteiger partial charge in [-0.05, 0) is 46.2 Å². The fourth-order valence-electron chi connectivity index (χ4n) is 1.88. The molecular formula is C13H21NO2S. The number of hydrogen-bond donors (Lipinski definition) is 1. The molecule has 0 radical (unpaired) electrons. The van der Waals surface area contributed by atoms with E-state index in [1.165, 1.54) is 15.3 Å². The third-order valence-corrected chi connectivity index (χ3v) is 3.67. The SMILES string of the molecule is CCOC(=O)C(C)NC(C)c1cc(C)sc1C. The maximum absolute atomic E-state index is 11.5. The molecule has 2 atom stereocenters. The van der Waals surface area contributed by atoms with Gasteiger partial charge in [-0.25, -0.2) is 0 Å². The lowest BCUT2D eigenvalue weighted by atomic mass is 10.1. The molecule has 0 saturated carbocycles. The third kappa shape index (κ3) is 3.82. The fourth-order valence-corrected chi connectivity index (χ4v) is 2.90. The lowest BCUT2D eigenvalue weighted by molar-refractivity contribution is -0.145. The van der Waals surface area contributed by atoms with Crippen LogP contribution in [0.3, 0.4) is 0 Å². The number of hydrogen-bond acceptors (Lipinski definition) is 4. The molecule has 0 spiro atoms. The highest BCUT2D eigenvalue weighted by atomic mass is 32.1. The number of nitrogens with one attached hydrogen (secondary N) is 1. The van der Waals surface area contributed by atoms with Crippen molar-refractivity contribution in [1.82, 2.24) is 5.32 Å². The molecule has 96 valence electrons. The van der Waals surface area contributed by atoms with Crippen LogP contribution in [0.2, 0.25) is 0 Å². The third-order valence-electron chi connectivity index (χ3n) is 2.69. The zero-order valence-electron chi connectivity index (χ0n) is 11.2. The maximum Gasteiger partial charge on any atom is 0.322 e. The summed E-state index contributed by atoms with van der Waals surface area (Å²) in [6.45, 7) is 10.4. The van der Waals surface area contributed by atoms with E-state index >= 15 is 0 Å². The fraction of sp³-hybridized carbons (Fsp3) is 0.615. The average Bonchev–Trinajstić information content (AvgIpc) is 2.58. The van der Waals surface area contributed by atoms with Crippen LogP contribution in [-0.4, -0.2) is 18.6 Å². The second-order valence-corrected chi connectivity index (χ2v) is 5.69. The monoisotopic (exact) mass is 255 g/mol. The number of aryl methyl sites for hydroxylation is 2. The molecule has 17 heavy (non-hydrogen) atoms. The summed E-state index contributed by atoms with van der Waals surface area (Å²) in [6.07, 6.45) is 0. The molecule has 0 bridgehead atoms. The van der Waals surface area contributed by atoms with Gasteiger partial charge < -0.3 is 4.74 Å². The number of carbonyl (C=O) groups excluding carboxylic acids is 1. The van der Waals surface area contributed by atoms with E-state index in [2.05, 4.69) is 32.2 Å². The van der Waals surface area contributed by atoms with Crippen LogP contribution in [0.1, 0.15) is 42.1 Å². The van der Waals surface area contributed by atoms with Gasteiger partial charge in [0.05, 0.1) is 6.61 Å². The van der Waals surface area contributed by atoms with E-state index in [-0.39, 0.29) is 18.1 Å². The predicted octanol–water partition coefficient (Wildman–Crippen LogP) is 2.97.